The fourth-order valence-corrected chi connectivity index (χ4v) is 4.54. The molecule has 2 aliphatic rings. The van der Waals surface area contributed by atoms with Crippen molar-refractivity contribution in [3.05, 3.63) is 58.0 Å². The lowest BCUT2D eigenvalue weighted by molar-refractivity contribution is -0.823. The van der Waals surface area contributed by atoms with Crippen molar-refractivity contribution in [2.45, 2.75) is 25.3 Å². The third-order valence-corrected chi connectivity index (χ3v) is 6.02. The summed E-state index contributed by atoms with van der Waals surface area (Å²) in [7, 11) is 8.99. The lowest BCUT2D eigenvalue weighted by Gasteiger charge is -2.41. The van der Waals surface area contributed by atoms with Crippen LogP contribution >= 0.6 is 15.9 Å². The van der Waals surface area contributed by atoms with Crippen molar-refractivity contribution < 1.29 is 4.48 Å². The SMILES string of the molecule is CN(C)C(C1=CC=C(N2CCCCC2)[N+]1(C)C)c1ccccc1Br. The van der Waals surface area contributed by atoms with E-state index in [-0.39, 0.29) is 6.04 Å². The summed E-state index contributed by atoms with van der Waals surface area (Å²) in [4.78, 5) is 4.90. The van der Waals surface area contributed by atoms with Crippen LogP contribution in [0.1, 0.15) is 30.9 Å². The number of quaternary nitrogens is 1. The van der Waals surface area contributed by atoms with Crippen LogP contribution in [0, 0.1) is 0 Å². The number of benzene rings is 1. The molecule has 1 fully saturated rings. The monoisotopic (exact) mass is 390 g/mol. The molecule has 0 aliphatic carbocycles. The van der Waals surface area contributed by atoms with E-state index in [4.69, 9.17) is 0 Å². The van der Waals surface area contributed by atoms with Gasteiger partial charge in [0.15, 0.2) is 0 Å². The van der Waals surface area contributed by atoms with Gasteiger partial charge < -0.3 is 4.90 Å². The number of halogens is 1. The summed E-state index contributed by atoms with van der Waals surface area (Å²) in [5.41, 5.74) is 2.75. The van der Waals surface area contributed by atoms with Crippen molar-refractivity contribution in [2.24, 2.45) is 0 Å². The summed E-state index contributed by atoms with van der Waals surface area (Å²) in [5, 5.41) is 0. The van der Waals surface area contributed by atoms with Gasteiger partial charge in [0.1, 0.15) is 11.7 Å². The third kappa shape index (κ3) is 3.19. The molecule has 0 saturated carbocycles. The van der Waals surface area contributed by atoms with Crippen LogP contribution in [-0.4, -0.2) is 55.6 Å². The predicted octanol–water partition coefficient (Wildman–Crippen LogP) is 4.35. The van der Waals surface area contributed by atoms with Crippen molar-refractivity contribution in [1.82, 2.24) is 9.80 Å². The van der Waals surface area contributed by atoms with E-state index in [1.807, 2.05) is 0 Å². The van der Waals surface area contributed by atoms with Crippen LogP contribution in [0.25, 0.3) is 0 Å². The molecule has 1 saturated heterocycles. The Labute approximate surface area is 155 Å². The van der Waals surface area contributed by atoms with Crippen LogP contribution < -0.4 is 0 Å². The molecule has 1 aromatic rings. The van der Waals surface area contributed by atoms with E-state index in [0.29, 0.717) is 0 Å². The molecule has 130 valence electrons. The summed E-state index contributed by atoms with van der Waals surface area (Å²) >= 11 is 3.75. The summed E-state index contributed by atoms with van der Waals surface area (Å²) in [6, 6.07) is 8.84. The average molecular weight is 391 g/mol. The van der Waals surface area contributed by atoms with Gasteiger partial charge in [0, 0.05) is 29.7 Å². The fourth-order valence-electron chi connectivity index (χ4n) is 4.04. The van der Waals surface area contributed by atoms with Gasteiger partial charge in [-0.05, 0) is 45.0 Å². The highest BCUT2D eigenvalue weighted by molar-refractivity contribution is 9.10. The molecule has 0 aromatic heterocycles. The maximum Gasteiger partial charge on any atom is 0.208 e. The van der Waals surface area contributed by atoms with Crippen LogP contribution in [0.3, 0.4) is 0 Å². The Hall–Kier alpha value is -1.10. The number of hydrogen-bond donors (Lipinski definition) is 0. The first-order chi connectivity index (χ1) is 11.4. The number of allylic oxidation sites excluding steroid dienone is 2. The normalized spacial score (nSPS) is 21.7. The molecule has 0 bridgehead atoms. The van der Waals surface area contributed by atoms with Crippen molar-refractivity contribution >= 4 is 15.9 Å². The van der Waals surface area contributed by atoms with Gasteiger partial charge in [0.25, 0.3) is 0 Å². The summed E-state index contributed by atoms with van der Waals surface area (Å²) in [5.74, 6) is 1.43. The van der Waals surface area contributed by atoms with Gasteiger partial charge >= 0.3 is 0 Å². The van der Waals surface area contributed by atoms with E-state index >= 15 is 0 Å². The molecule has 0 spiro atoms. The van der Waals surface area contributed by atoms with Gasteiger partial charge in [-0.2, -0.15) is 0 Å². The second kappa shape index (κ2) is 7.03. The second-order valence-electron chi connectivity index (χ2n) is 7.51. The molecule has 0 amide bonds. The Morgan fingerprint density at radius 3 is 2.33 bits per heavy atom. The summed E-state index contributed by atoms with van der Waals surface area (Å²) < 4.78 is 2.01. The topological polar surface area (TPSA) is 6.48 Å². The Morgan fingerprint density at radius 2 is 1.71 bits per heavy atom. The molecule has 24 heavy (non-hydrogen) atoms. The van der Waals surface area contributed by atoms with Gasteiger partial charge in [0.2, 0.25) is 5.82 Å². The van der Waals surface area contributed by atoms with Gasteiger partial charge in [0.05, 0.1) is 14.1 Å². The molecule has 3 nitrogen and oxygen atoms in total. The lowest BCUT2D eigenvalue weighted by atomic mass is 10.0. The van der Waals surface area contributed by atoms with E-state index in [1.165, 1.54) is 53.9 Å². The number of nitrogens with zero attached hydrogens (tertiary/aromatic N) is 3. The predicted molar refractivity (Wildman–Crippen MR) is 104 cm³/mol. The van der Waals surface area contributed by atoms with Crippen LogP contribution in [0.15, 0.2) is 52.4 Å². The number of likely N-dealkylation sites (N-methyl/N-ethyl adjacent to an activating group) is 2. The molecule has 3 rings (SSSR count). The first-order valence-electron chi connectivity index (χ1n) is 8.85. The Kier molecular flexibility index (Phi) is 5.19. The molecule has 1 atom stereocenters. The minimum Gasteiger partial charge on any atom is -0.328 e. The molecule has 2 aliphatic heterocycles. The molecular formula is C20H29BrN3+. The lowest BCUT2D eigenvalue weighted by Crippen LogP contribution is -2.47. The van der Waals surface area contributed by atoms with Gasteiger partial charge in [-0.3, -0.25) is 9.38 Å². The van der Waals surface area contributed by atoms with E-state index in [0.717, 1.165) is 4.48 Å². The highest BCUT2D eigenvalue weighted by atomic mass is 79.9. The van der Waals surface area contributed by atoms with Crippen LogP contribution in [0.2, 0.25) is 0 Å². The minimum absolute atomic E-state index is 0.258. The zero-order valence-electron chi connectivity index (χ0n) is 15.3. The number of likely N-dealkylation sites (tertiary alicyclic amines) is 1. The van der Waals surface area contributed by atoms with Crippen molar-refractivity contribution in [1.29, 1.82) is 0 Å². The zero-order chi connectivity index (χ0) is 17.3. The maximum atomic E-state index is 3.75. The molecule has 0 radical (unpaired) electrons. The second-order valence-corrected chi connectivity index (χ2v) is 8.36. The van der Waals surface area contributed by atoms with E-state index < -0.39 is 0 Å². The average Bonchev–Trinajstić information content (AvgIpc) is 2.85. The highest BCUT2D eigenvalue weighted by Crippen LogP contribution is 2.41. The van der Waals surface area contributed by atoms with Crippen molar-refractivity contribution in [3.8, 4) is 0 Å². The van der Waals surface area contributed by atoms with Crippen molar-refractivity contribution in [3.63, 3.8) is 0 Å². The van der Waals surface area contributed by atoms with Gasteiger partial charge in [-0.15, -0.1) is 0 Å². The maximum absolute atomic E-state index is 3.75. The third-order valence-electron chi connectivity index (χ3n) is 5.30. The molecule has 1 aromatic carbocycles. The smallest absolute Gasteiger partial charge is 0.208 e. The van der Waals surface area contributed by atoms with Crippen LogP contribution in [0.4, 0.5) is 0 Å². The molecule has 2 heterocycles. The number of rotatable bonds is 4. The van der Waals surface area contributed by atoms with Crippen molar-refractivity contribution in [2.75, 3.05) is 41.3 Å². The first kappa shape index (κ1) is 17.7. The van der Waals surface area contributed by atoms with E-state index in [2.05, 4.69) is 90.3 Å². The highest BCUT2D eigenvalue weighted by Gasteiger charge is 2.41. The standard InChI is InChI=1S/C20H29BrN3/c1-22(2)20(16-10-6-7-11-17(16)21)18-12-13-19(24(18,3)4)23-14-8-5-9-15-23/h6-7,10-13,20H,5,8-9,14-15H2,1-4H3/q+1. The Morgan fingerprint density at radius 1 is 1.04 bits per heavy atom. The van der Waals surface area contributed by atoms with E-state index in [9.17, 15) is 0 Å². The summed E-state index contributed by atoms with van der Waals surface area (Å²) in [6.45, 7) is 2.38. The van der Waals surface area contributed by atoms with E-state index in [1.54, 1.807) is 0 Å². The van der Waals surface area contributed by atoms with Crippen LogP contribution in [-0.2, 0) is 0 Å². The largest absolute Gasteiger partial charge is 0.328 e. The summed E-state index contributed by atoms with van der Waals surface area (Å²) in [6.07, 6.45) is 8.68. The Bertz CT molecular complexity index is 655. The van der Waals surface area contributed by atoms with Gasteiger partial charge in [-0.25, -0.2) is 0 Å². The number of piperidine rings is 1. The van der Waals surface area contributed by atoms with Crippen LogP contribution in [0.5, 0.6) is 0 Å². The zero-order valence-corrected chi connectivity index (χ0v) is 16.9. The molecule has 0 N–H and O–H groups in total. The van der Waals surface area contributed by atoms with Gasteiger partial charge in [-0.1, -0.05) is 34.1 Å². The minimum atomic E-state index is 0.258. The molecular weight excluding hydrogens is 362 g/mol. The fraction of sp³-hybridized carbons (Fsp3) is 0.500. The quantitative estimate of drug-likeness (QED) is 0.704. The molecule has 1 unspecified atom stereocenters. The number of hydrogen-bond acceptors (Lipinski definition) is 2. The Balaban J connectivity index is 1.92. The first-order valence-corrected chi connectivity index (χ1v) is 9.65. The molecule has 4 heteroatoms.